The summed E-state index contributed by atoms with van der Waals surface area (Å²) < 4.78 is 0. The molecule has 94 valence electrons. The SMILES string of the molecule is CN1CCCC2CN(CC(O)CBr)CCC21. The predicted molar refractivity (Wildman–Crippen MR) is 70.0 cm³/mol. The fourth-order valence-corrected chi connectivity index (χ4v) is 3.45. The van der Waals surface area contributed by atoms with Crippen LogP contribution in [-0.2, 0) is 0 Å². The molecule has 3 nitrogen and oxygen atoms in total. The van der Waals surface area contributed by atoms with Crippen molar-refractivity contribution in [2.24, 2.45) is 5.92 Å². The molecule has 0 bridgehead atoms. The van der Waals surface area contributed by atoms with Crippen LogP contribution in [0.1, 0.15) is 19.3 Å². The molecule has 0 radical (unpaired) electrons. The minimum Gasteiger partial charge on any atom is -0.391 e. The Bertz CT molecular complexity index is 227. The first-order valence-electron chi connectivity index (χ1n) is 6.37. The summed E-state index contributed by atoms with van der Waals surface area (Å²) in [5.41, 5.74) is 0. The van der Waals surface area contributed by atoms with Crippen LogP contribution in [0.15, 0.2) is 0 Å². The van der Waals surface area contributed by atoms with Gasteiger partial charge >= 0.3 is 0 Å². The van der Waals surface area contributed by atoms with Crippen molar-refractivity contribution in [3.8, 4) is 0 Å². The normalized spacial score (nSPS) is 34.7. The highest BCUT2D eigenvalue weighted by molar-refractivity contribution is 9.09. The molecule has 4 heteroatoms. The van der Waals surface area contributed by atoms with Gasteiger partial charge in [0.15, 0.2) is 0 Å². The first kappa shape index (κ1) is 12.8. The minimum atomic E-state index is -0.210. The number of β-amino-alcohol motifs (C(OH)–C–C–N with tert-alkyl or cyclic N) is 1. The first-order chi connectivity index (χ1) is 7.70. The van der Waals surface area contributed by atoms with Gasteiger partial charge in [-0.05, 0) is 45.3 Å². The lowest BCUT2D eigenvalue weighted by molar-refractivity contribution is 0.0218. The Morgan fingerprint density at radius 1 is 1.38 bits per heavy atom. The van der Waals surface area contributed by atoms with E-state index in [1.54, 1.807) is 0 Å². The van der Waals surface area contributed by atoms with E-state index >= 15 is 0 Å². The van der Waals surface area contributed by atoms with Crippen molar-refractivity contribution in [3.05, 3.63) is 0 Å². The van der Waals surface area contributed by atoms with Crippen LogP contribution in [0, 0.1) is 5.92 Å². The number of hydrogen-bond donors (Lipinski definition) is 1. The molecule has 0 amide bonds. The van der Waals surface area contributed by atoms with Gasteiger partial charge in [0, 0.05) is 24.5 Å². The zero-order chi connectivity index (χ0) is 11.5. The zero-order valence-corrected chi connectivity index (χ0v) is 11.7. The summed E-state index contributed by atoms with van der Waals surface area (Å²) >= 11 is 3.34. The van der Waals surface area contributed by atoms with Crippen molar-refractivity contribution in [1.82, 2.24) is 9.80 Å². The van der Waals surface area contributed by atoms with Crippen LogP contribution in [0.5, 0.6) is 0 Å². The van der Waals surface area contributed by atoms with E-state index in [1.807, 2.05) is 0 Å². The fraction of sp³-hybridized carbons (Fsp3) is 1.00. The van der Waals surface area contributed by atoms with E-state index < -0.39 is 0 Å². The summed E-state index contributed by atoms with van der Waals surface area (Å²) in [5, 5.41) is 10.4. The molecule has 0 saturated carbocycles. The molecular formula is C12H23BrN2O. The van der Waals surface area contributed by atoms with Gasteiger partial charge in [0.2, 0.25) is 0 Å². The van der Waals surface area contributed by atoms with Crippen molar-refractivity contribution < 1.29 is 5.11 Å². The van der Waals surface area contributed by atoms with Gasteiger partial charge in [0.25, 0.3) is 0 Å². The van der Waals surface area contributed by atoms with Gasteiger partial charge in [-0.1, -0.05) is 15.9 Å². The van der Waals surface area contributed by atoms with E-state index in [2.05, 4.69) is 32.8 Å². The van der Waals surface area contributed by atoms with Crippen molar-refractivity contribution in [3.63, 3.8) is 0 Å². The van der Waals surface area contributed by atoms with Crippen LogP contribution in [0.3, 0.4) is 0 Å². The number of alkyl halides is 1. The Morgan fingerprint density at radius 3 is 2.94 bits per heavy atom. The second-order valence-electron chi connectivity index (χ2n) is 5.31. The summed E-state index contributed by atoms with van der Waals surface area (Å²) in [6, 6.07) is 0.797. The number of rotatable bonds is 3. The molecule has 0 aromatic carbocycles. The van der Waals surface area contributed by atoms with Crippen LogP contribution in [-0.4, -0.2) is 65.6 Å². The monoisotopic (exact) mass is 290 g/mol. The molecule has 2 fully saturated rings. The first-order valence-corrected chi connectivity index (χ1v) is 7.49. The third-order valence-electron chi connectivity index (χ3n) is 4.08. The molecular weight excluding hydrogens is 268 g/mol. The largest absolute Gasteiger partial charge is 0.391 e. The molecule has 2 saturated heterocycles. The van der Waals surface area contributed by atoms with Crippen molar-refractivity contribution in [2.45, 2.75) is 31.4 Å². The van der Waals surface area contributed by atoms with Crippen LogP contribution >= 0.6 is 15.9 Å². The molecule has 0 aromatic rings. The lowest BCUT2D eigenvalue weighted by Gasteiger charge is -2.46. The lowest BCUT2D eigenvalue weighted by Crippen LogP contribution is -2.53. The van der Waals surface area contributed by atoms with E-state index in [9.17, 15) is 5.11 Å². The number of piperidine rings is 2. The van der Waals surface area contributed by atoms with E-state index in [0.717, 1.165) is 25.0 Å². The molecule has 0 aliphatic carbocycles. The number of aliphatic hydroxyl groups is 1. The summed E-state index contributed by atoms with van der Waals surface area (Å²) in [6.07, 6.45) is 3.77. The number of fused-ring (bicyclic) bond motifs is 1. The topological polar surface area (TPSA) is 26.7 Å². The number of hydrogen-bond acceptors (Lipinski definition) is 3. The van der Waals surface area contributed by atoms with Crippen LogP contribution in [0.2, 0.25) is 0 Å². The van der Waals surface area contributed by atoms with E-state index in [4.69, 9.17) is 0 Å². The molecule has 2 aliphatic heterocycles. The Hall–Kier alpha value is 0.360. The molecule has 16 heavy (non-hydrogen) atoms. The quantitative estimate of drug-likeness (QED) is 0.791. The molecule has 3 unspecified atom stereocenters. The number of aliphatic hydroxyl groups excluding tert-OH is 1. The molecule has 3 atom stereocenters. The van der Waals surface area contributed by atoms with Gasteiger partial charge in [-0.15, -0.1) is 0 Å². The summed E-state index contributed by atoms with van der Waals surface area (Å²) in [4.78, 5) is 4.97. The smallest absolute Gasteiger partial charge is 0.0763 e. The fourth-order valence-electron chi connectivity index (χ4n) is 3.24. The Morgan fingerprint density at radius 2 is 2.19 bits per heavy atom. The average Bonchev–Trinajstić information content (AvgIpc) is 2.29. The van der Waals surface area contributed by atoms with Crippen LogP contribution in [0.25, 0.3) is 0 Å². The lowest BCUT2D eigenvalue weighted by atomic mass is 9.84. The molecule has 0 spiro atoms. The second kappa shape index (κ2) is 5.80. The predicted octanol–water partition coefficient (Wildman–Crippen LogP) is 1.16. The molecule has 0 aromatic heterocycles. The maximum atomic E-state index is 9.66. The summed E-state index contributed by atoms with van der Waals surface area (Å²) in [5.74, 6) is 0.829. The Balaban J connectivity index is 1.85. The van der Waals surface area contributed by atoms with E-state index in [0.29, 0.717) is 5.33 Å². The number of halogens is 1. The number of nitrogens with zero attached hydrogens (tertiary/aromatic N) is 2. The van der Waals surface area contributed by atoms with E-state index in [1.165, 1.54) is 32.4 Å². The Labute approximate surface area is 107 Å². The highest BCUT2D eigenvalue weighted by Gasteiger charge is 2.34. The van der Waals surface area contributed by atoms with E-state index in [-0.39, 0.29) is 6.10 Å². The second-order valence-corrected chi connectivity index (χ2v) is 5.95. The maximum Gasteiger partial charge on any atom is 0.0763 e. The van der Waals surface area contributed by atoms with Crippen molar-refractivity contribution in [1.29, 1.82) is 0 Å². The van der Waals surface area contributed by atoms with Gasteiger partial charge < -0.3 is 14.9 Å². The highest BCUT2D eigenvalue weighted by Crippen LogP contribution is 2.29. The molecule has 2 aliphatic rings. The number of likely N-dealkylation sites (tertiary alicyclic amines) is 2. The zero-order valence-electron chi connectivity index (χ0n) is 10.1. The average molecular weight is 291 g/mol. The van der Waals surface area contributed by atoms with Gasteiger partial charge in [-0.25, -0.2) is 0 Å². The van der Waals surface area contributed by atoms with Gasteiger partial charge in [-0.2, -0.15) is 0 Å². The van der Waals surface area contributed by atoms with Crippen molar-refractivity contribution in [2.75, 3.05) is 38.6 Å². The van der Waals surface area contributed by atoms with Crippen molar-refractivity contribution >= 4 is 15.9 Å². The molecule has 2 rings (SSSR count). The summed E-state index contributed by atoms with van der Waals surface area (Å²) in [6.45, 7) is 4.43. The Kier molecular flexibility index (Phi) is 4.65. The van der Waals surface area contributed by atoms with Crippen LogP contribution < -0.4 is 0 Å². The van der Waals surface area contributed by atoms with Crippen LogP contribution in [0.4, 0.5) is 0 Å². The van der Waals surface area contributed by atoms with Gasteiger partial charge in [-0.3, -0.25) is 0 Å². The molecule has 2 heterocycles. The summed E-state index contributed by atoms with van der Waals surface area (Å²) in [7, 11) is 2.26. The van der Waals surface area contributed by atoms with Gasteiger partial charge in [0.05, 0.1) is 6.10 Å². The van der Waals surface area contributed by atoms with Gasteiger partial charge in [0.1, 0.15) is 0 Å². The maximum absolute atomic E-state index is 9.66. The third-order valence-corrected chi connectivity index (χ3v) is 4.82. The minimum absolute atomic E-state index is 0.210. The third kappa shape index (κ3) is 2.97. The molecule has 1 N–H and O–H groups in total. The standard InChI is InChI=1S/C12H23BrN2O/c1-14-5-2-3-10-8-15(6-4-12(10)14)9-11(16)7-13/h10-12,16H,2-9H2,1H3. The highest BCUT2D eigenvalue weighted by atomic mass is 79.9.